The standard InChI is InChI=1S/C21H21ClN2O3S/c1-26-17-10-9-16(22)20-19(17)23-21(28-20)24(13-15-8-5-11-27-15)18(25)12-14-6-3-2-4-7-14/h2-4,6-7,9-10,15H,5,8,11-13H2,1H3. The predicted molar refractivity (Wildman–Crippen MR) is 113 cm³/mol. The molecule has 1 unspecified atom stereocenters. The number of hydrogen-bond acceptors (Lipinski definition) is 5. The molecule has 2 aromatic carbocycles. The zero-order valence-electron chi connectivity index (χ0n) is 15.6. The number of aromatic nitrogens is 1. The second kappa shape index (κ2) is 8.47. The van der Waals surface area contributed by atoms with E-state index in [0.29, 0.717) is 34.4 Å². The van der Waals surface area contributed by atoms with Gasteiger partial charge in [-0.1, -0.05) is 53.3 Å². The minimum absolute atomic E-state index is 0.00385. The van der Waals surface area contributed by atoms with Crippen LogP contribution in [0, 0.1) is 0 Å². The van der Waals surface area contributed by atoms with E-state index in [1.165, 1.54) is 11.3 Å². The SMILES string of the molecule is COc1ccc(Cl)c2sc(N(CC3CCCO3)C(=O)Cc3ccccc3)nc12. The fraction of sp³-hybridized carbons (Fsp3) is 0.333. The van der Waals surface area contributed by atoms with Crippen molar-refractivity contribution in [3.8, 4) is 5.75 Å². The Morgan fingerprint density at radius 2 is 2.14 bits per heavy atom. The molecule has 1 atom stereocenters. The zero-order valence-corrected chi connectivity index (χ0v) is 17.1. The lowest BCUT2D eigenvalue weighted by atomic mass is 10.1. The summed E-state index contributed by atoms with van der Waals surface area (Å²) in [5.74, 6) is 0.644. The maximum absolute atomic E-state index is 13.2. The third kappa shape index (κ3) is 3.99. The van der Waals surface area contributed by atoms with E-state index in [1.54, 1.807) is 24.1 Å². The number of carbonyl (C=O) groups excluding carboxylic acids is 1. The van der Waals surface area contributed by atoms with Gasteiger partial charge in [-0.2, -0.15) is 0 Å². The highest BCUT2D eigenvalue weighted by Crippen LogP contribution is 2.39. The largest absolute Gasteiger partial charge is 0.494 e. The molecule has 1 saturated heterocycles. The van der Waals surface area contributed by atoms with Crippen LogP contribution in [0.15, 0.2) is 42.5 Å². The number of carbonyl (C=O) groups is 1. The molecule has 3 aromatic rings. The average Bonchev–Trinajstić information content (AvgIpc) is 3.37. The molecular formula is C21H21ClN2O3S. The highest BCUT2D eigenvalue weighted by Gasteiger charge is 2.27. The molecule has 2 heterocycles. The third-order valence-corrected chi connectivity index (χ3v) is 6.35. The summed E-state index contributed by atoms with van der Waals surface area (Å²) in [7, 11) is 1.60. The molecule has 1 amide bonds. The van der Waals surface area contributed by atoms with Crippen molar-refractivity contribution < 1.29 is 14.3 Å². The third-order valence-electron chi connectivity index (χ3n) is 4.81. The van der Waals surface area contributed by atoms with Crippen LogP contribution in [0.4, 0.5) is 5.13 Å². The summed E-state index contributed by atoms with van der Waals surface area (Å²) < 4.78 is 12.0. The van der Waals surface area contributed by atoms with Crippen LogP contribution in [0.3, 0.4) is 0 Å². The van der Waals surface area contributed by atoms with Crippen molar-refractivity contribution in [2.45, 2.75) is 25.4 Å². The second-order valence-electron chi connectivity index (χ2n) is 6.73. The molecule has 0 spiro atoms. The van der Waals surface area contributed by atoms with E-state index in [1.807, 2.05) is 30.3 Å². The maximum Gasteiger partial charge on any atom is 0.233 e. The lowest BCUT2D eigenvalue weighted by molar-refractivity contribution is -0.118. The molecule has 1 fully saturated rings. The molecule has 0 radical (unpaired) electrons. The van der Waals surface area contributed by atoms with E-state index in [0.717, 1.165) is 29.7 Å². The Kier molecular flexibility index (Phi) is 5.80. The number of benzene rings is 2. The van der Waals surface area contributed by atoms with Gasteiger partial charge in [0.15, 0.2) is 5.13 Å². The highest BCUT2D eigenvalue weighted by molar-refractivity contribution is 7.23. The van der Waals surface area contributed by atoms with Gasteiger partial charge in [-0.15, -0.1) is 0 Å². The molecule has 4 rings (SSSR count). The Labute approximate surface area is 172 Å². The van der Waals surface area contributed by atoms with E-state index in [2.05, 4.69) is 0 Å². The molecular weight excluding hydrogens is 396 g/mol. The summed E-state index contributed by atoms with van der Waals surface area (Å²) in [6, 6.07) is 13.3. The van der Waals surface area contributed by atoms with Gasteiger partial charge in [0.25, 0.3) is 0 Å². The van der Waals surface area contributed by atoms with Crippen molar-refractivity contribution in [2.24, 2.45) is 0 Å². The predicted octanol–water partition coefficient (Wildman–Crippen LogP) is 4.71. The number of thiazole rings is 1. The van der Waals surface area contributed by atoms with Gasteiger partial charge in [0.05, 0.1) is 35.9 Å². The molecule has 0 saturated carbocycles. The van der Waals surface area contributed by atoms with Crippen LogP contribution in [0.25, 0.3) is 10.2 Å². The molecule has 0 bridgehead atoms. The summed E-state index contributed by atoms with van der Waals surface area (Å²) in [5.41, 5.74) is 1.65. The number of halogens is 1. The van der Waals surface area contributed by atoms with Crippen LogP contribution in [0.1, 0.15) is 18.4 Å². The Bertz CT molecular complexity index is 970. The van der Waals surface area contributed by atoms with Crippen LogP contribution in [0.2, 0.25) is 5.02 Å². The Morgan fingerprint density at radius 1 is 1.32 bits per heavy atom. The molecule has 1 aliphatic heterocycles. The van der Waals surface area contributed by atoms with E-state index < -0.39 is 0 Å². The van der Waals surface area contributed by atoms with Crippen molar-refractivity contribution in [1.29, 1.82) is 0 Å². The summed E-state index contributed by atoms with van der Waals surface area (Å²) in [4.78, 5) is 19.6. The summed E-state index contributed by atoms with van der Waals surface area (Å²) in [6.45, 7) is 1.23. The van der Waals surface area contributed by atoms with Crippen molar-refractivity contribution in [3.05, 3.63) is 53.1 Å². The lowest BCUT2D eigenvalue weighted by Gasteiger charge is -2.23. The normalized spacial score (nSPS) is 16.4. The lowest BCUT2D eigenvalue weighted by Crippen LogP contribution is -2.38. The smallest absolute Gasteiger partial charge is 0.233 e. The average molecular weight is 417 g/mol. The van der Waals surface area contributed by atoms with Gasteiger partial charge >= 0.3 is 0 Å². The van der Waals surface area contributed by atoms with Gasteiger partial charge in [0, 0.05) is 6.61 Å². The monoisotopic (exact) mass is 416 g/mol. The van der Waals surface area contributed by atoms with Crippen LogP contribution < -0.4 is 9.64 Å². The first-order valence-corrected chi connectivity index (χ1v) is 10.4. The minimum Gasteiger partial charge on any atom is -0.494 e. The fourth-order valence-corrected chi connectivity index (χ4v) is 4.65. The molecule has 0 N–H and O–H groups in total. The van der Waals surface area contributed by atoms with Crippen LogP contribution in [-0.4, -0.2) is 37.3 Å². The van der Waals surface area contributed by atoms with Gasteiger partial charge in [-0.05, 0) is 30.5 Å². The number of methoxy groups -OCH3 is 1. The van der Waals surface area contributed by atoms with Crippen molar-refractivity contribution in [1.82, 2.24) is 4.98 Å². The molecule has 1 aromatic heterocycles. The summed E-state index contributed by atoms with van der Waals surface area (Å²) >= 11 is 7.78. The molecule has 146 valence electrons. The Morgan fingerprint density at radius 3 is 2.86 bits per heavy atom. The van der Waals surface area contributed by atoms with Gasteiger partial charge in [0.2, 0.25) is 5.91 Å². The molecule has 7 heteroatoms. The van der Waals surface area contributed by atoms with Crippen molar-refractivity contribution in [2.75, 3.05) is 25.2 Å². The number of fused-ring (bicyclic) bond motifs is 1. The minimum atomic E-state index is -0.00385. The summed E-state index contributed by atoms with van der Waals surface area (Å²) in [6.07, 6.45) is 2.31. The first-order valence-electron chi connectivity index (χ1n) is 9.24. The molecule has 5 nitrogen and oxygen atoms in total. The molecule has 1 aliphatic rings. The zero-order chi connectivity index (χ0) is 19.5. The van der Waals surface area contributed by atoms with Gasteiger partial charge in [-0.25, -0.2) is 4.98 Å². The number of rotatable bonds is 6. The number of amides is 1. The molecule has 0 aliphatic carbocycles. The van der Waals surface area contributed by atoms with Gasteiger partial charge in [0.1, 0.15) is 11.3 Å². The fourth-order valence-electron chi connectivity index (χ4n) is 3.37. The van der Waals surface area contributed by atoms with E-state index in [-0.39, 0.29) is 12.0 Å². The van der Waals surface area contributed by atoms with E-state index >= 15 is 0 Å². The topological polar surface area (TPSA) is 51.7 Å². The van der Waals surface area contributed by atoms with Crippen LogP contribution in [-0.2, 0) is 16.0 Å². The van der Waals surface area contributed by atoms with Gasteiger partial charge < -0.3 is 9.47 Å². The van der Waals surface area contributed by atoms with Crippen LogP contribution in [0.5, 0.6) is 5.75 Å². The van der Waals surface area contributed by atoms with Crippen LogP contribution >= 0.6 is 22.9 Å². The Hall–Kier alpha value is -2.15. The quantitative estimate of drug-likeness (QED) is 0.583. The summed E-state index contributed by atoms with van der Waals surface area (Å²) in [5, 5.41) is 1.23. The first kappa shape index (κ1) is 19.2. The number of nitrogens with zero attached hydrogens (tertiary/aromatic N) is 2. The van der Waals surface area contributed by atoms with Crippen molar-refractivity contribution in [3.63, 3.8) is 0 Å². The van der Waals surface area contributed by atoms with E-state index in [9.17, 15) is 4.79 Å². The Balaban J connectivity index is 1.69. The van der Waals surface area contributed by atoms with Crippen molar-refractivity contribution >= 4 is 44.2 Å². The van der Waals surface area contributed by atoms with Gasteiger partial charge in [-0.3, -0.25) is 9.69 Å². The number of anilines is 1. The first-order chi connectivity index (χ1) is 13.7. The maximum atomic E-state index is 13.2. The highest BCUT2D eigenvalue weighted by atomic mass is 35.5. The number of hydrogen-bond donors (Lipinski definition) is 0. The second-order valence-corrected chi connectivity index (χ2v) is 8.11. The van der Waals surface area contributed by atoms with E-state index in [4.69, 9.17) is 26.1 Å². The number of ether oxygens (including phenoxy) is 2. The molecule has 28 heavy (non-hydrogen) atoms.